The first-order chi connectivity index (χ1) is 9.62. The maximum Gasteiger partial charge on any atom is 0.329 e. The summed E-state index contributed by atoms with van der Waals surface area (Å²) in [5.41, 5.74) is -0.175. The first kappa shape index (κ1) is 14.7. The molecule has 0 bridgehead atoms. The third-order valence-electron chi connectivity index (χ3n) is 3.16. The Morgan fingerprint density at radius 3 is 2.80 bits per heavy atom. The van der Waals surface area contributed by atoms with Crippen LogP contribution in [0.25, 0.3) is 10.2 Å². The Bertz CT molecular complexity index is 675. The van der Waals surface area contributed by atoms with Crippen LogP contribution in [0.15, 0.2) is 17.2 Å². The van der Waals surface area contributed by atoms with Crippen LogP contribution in [0.5, 0.6) is 0 Å². The van der Waals surface area contributed by atoms with Crippen LogP contribution in [-0.4, -0.2) is 22.1 Å². The van der Waals surface area contributed by atoms with Gasteiger partial charge >= 0.3 is 5.97 Å². The number of nitrogens with zero attached hydrogens (tertiary/aromatic N) is 2. The Labute approximate surface area is 121 Å². The smallest absolute Gasteiger partial charge is 0.329 e. The second kappa shape index (κ2) is 6.17. The highest BCUT2D eigenvalue weighted by molar-refractivity contribution is 7.18. The highest BCUT2D eigenvalue weighted by atomic mass is 32.1. The lowest BCUT2D eigenvalue weighted by Gasteiger charge is -2.15. The van der Waals surface area contributed by atoms with Gasteiger partial charge in [-0.3, -0.25) is 9.36 Å². The minimum atomic E-state index is -0.607. The summed E-state index contributed by atoms with van der Waals surface area (Å²) in [6.45, 7) is 5.94. The molecule has 1 atom stereocenters. The molecule has 0 radical (unpaired) electrons. The largest absolute Gasteiger partial charge is 0.464 e. The van der Waals surface area contributed by atoms with E-state index in [-0.39, 0.29) is 11.5 Å². The normalized spacial score (nSPS) is 12.6. The molecule has 2 aromatic heterocycles. The Kier molecular flexibility index (Phi) is 4.54. The second-order valence-electron chi connectivity index (χ2n) is 4.42. The maximum absolute atomic E-state index is 12.5. The van der Waals surface area contributed by atoms with Crippen molar-refractivity contribution in [2.75, 3.05) is 6.61 Å². The number of aromatic nitrogens is 2. The SMILES string of the molecule is CCOC(=O)[C@H](CC)n1cnc2sc(CC)cc2c1=O. The van der Waals surface area contributed by atoms with Crippen LogP contribution in [-0.2, 0) is 16.0 Å². The van der Waals surface area contributed by atoms with Crippen LogP contribution in [0.1, 0.15) is 38.1 Å². The van der Waals surface area contributed by atoms with Crippen molar-refractivity contribution in [1.29, 1.82) is 0 Å². The average molecular weight is 294 g/mol. The van der Waals surface area contributed by atoms with Crippen LogP contribution >= 0.6 is 11.3 Å². The van der Waals surface area contributed by atoms with Crippen molar-refractivity contribution in [2.45, 2.75) is 39.7 Å². The summed E-state index contributed by atoms with van der Waals surface area (Å²) in [5.74, 6) is -0.385. The lowest BCUT2D eigenvalue weighted by atomic mass is 10.2. The summed E-state index contributed by atoms with van der Waals surface area (Å²) in [6.07, 6.45) is 2.82. The molecule has 0 spiro atoms. The van der Waals surface area contributed by atoms with E-state index in [1.54, 1.807) is 6.92 Å². The van der Waals surface area contributed by atoms with E-state index in [1.807, 2.05) is 19.9 Å². The van der Waals surface area contributed by atoms with E-state index >= 15 is 0 Å². The molecule has 2 aromatic rings. The van der Waals surface area contributed by atoms with Crippen LogP contribution in [0.3, 0.4) is 0 Å². The molecule has 0 aliphatic rings. The van der Waals surface area contributed by atoms with Gasteiger partial charge in [0.25, 0.3) is 5.56 Å². The molecule has 0 aliphatic heterocycles. The van der Waals surface area contributed by atoms with Crippen LogP contribution < -0.4 is 5.56 Å². The Hall–Kier alpha value is -1.69. The molecule has 20 heavy (non-hydrogen) atoms. The van der Waals surface area contributed by atoms with E-state index < -0.39 is 6.04 Å². The summed E-state index contributed by atoms with van der Waals surface area (Å²) in [5, 5.41) is 0.581. The van der Waals surface area contributed by atoms with Crippen molar-refractivity contribution in [1.82, 2.24) is 9.55 Å². The van der Waals surface area contributed by atoms with Crippen molar-refractivity contribution >= 4 is 27.5 Å². The second-order valence-corrected chi connectivity index (χ2v) is 5.53. The van der Waals surface area contributed by atoms with Crippen molar-refractivity contribution in [2.24, 2.45) is 0 Å². The Morgan fingerprint density at radius 1 is 1.45 bits per heavy atom. The molecule has 0 N–H and O–H groups in total. The van der Waals surface area contributed by atoms with E-state index in [1.165, 1.54) is 22.2 Å². The molecule has 0 saturated carbocycles. The lowest BCUT2D eigenvalue weighted by molar-refractivity contribution is -0.147. The Morgan fingerprint density at radius 2 is 2.20 bits per heavy atom. The van der Waals surface area contributed by atoms with Crippen molar-refractivity contribution in [3.8, 4) is 0 Å². The van der Waals surface area contributed by atoms with Crippen molar-refractivity contribution in [3.63, 3.8) is 0 Å². The number of carbonyl (C=O) groups excluding carboxylic acids is 1. The molecule has 0 fully saturated rings. The monoisotopic (exact) mass is 294 g/mol. The zero-order valence-corrected chi connectivity index (χ0v) is 12.7. The minimum absolute atomic E-state index is 0.175. The van der Waals surface area contributed by atoms with Crippen LogP contribution in [0.4, 0.5) is 0 Å². The predicted octanol–water partition coefficient (Wildman–Crippen LogP) is 2.53. The number of ether oxygens (including phenoxy) is 1. The standard InChI is InChI=1S/C14H18N2O3S/c1-4-9-7-10-12(20-9)15-8-16(13(10)17)11(5-2)14(18)19-6-3/h7-8,11H,4-6H2,1-3H3/t11-/m0/s1. The Balaban J connectivity index is 2.51. The van der Waals surface area contributed by atoms with Gasteiger partial charge < -0.3 is 4.74 Å². The fourth-order valence-corrected chi connectivity index (χ4v) is 3.02. The first-order valence-corrected chi connectivity index (χ1v) is 7.60. The number of fused-ring (bicyclic) bond motifs is 1. The topological polar surface area (TPSA) is 61.2 Å². The molecule has 0 saturated heterocycles. The molecular formula is C14H18N2O3S. The zero-order chi connectivity index (χ0) is 14.7. The minimum Gasteiger partial charge on any atom is -0.464 e. The molecule has 2 heterocycles. The third kappa shape index (κ3) is 2.60. The lowest BCUT2D eigenvalue weighted by Crippen LogP contribution is -2.30. The third-order valence-corrected chi connectivity index (χ3v) is 4.34. The number of esters is 1. The van der Waals surface area contributed by atoms with Gasteiger partial charge in [0.1, 0.15) is 10.9 Å². The molecular weight excluding hydrogens is 276 g/mol. The summed E-state index contributed by atoms with van der Waals surface area (Å²) in [6, 6.07) is 1.26. The highest BCUT2D eigenvalue weighted by Crippen LogP contribution is 2.22. The van der Waals surface area contributed by atoms with Gasteiger partial charge in [0.2, 0.25) is 0 Å². The first-order valence-electron chi connectivity index (χ1n) is 6.78. The predicted molar refractivity (Wildman–Crippen MR) is 79.2 cm³/mol. The van der Waals surface area contributed by atoms with Gasteiger partial charge in [0.05, 0.1) is 18.3 Å². The fraction of sp³-hybridized carbons (Fsp3) is 0.500. The molecule has 108 valence electrons. The van der Waals surface area contributed by atoms with E-state index in [0.717, 1.165) is 16.1 Å². The number of hydrogen-bond donors (Lipinski definition) is 0. The number of aryl methyl sites for hydroxylation is 1. The van der Waals surface area contributed by atoms with Crippen molar-refractivity contribution in [3.05, 3.63) is 27.6 Å². The molecule has 0 amide bonds. The molecule has 6 heteroatoms. The van der Waals surface area contributed by atoms with E-state index in [9.17, 15) is 9.59 Å². The molecule has 0 unspecified atom stereocenters. The van der Waals surface area contributed by atoms with Crippen LogP contribution in [0.2, 0.25) is 0 Å². The summed E-state index contributed by atoms with van der Waals surface area (Å²) >= 11 is 1.52. The quantitative estimate of drug-likeness (QED) is 0.795. The van der Waals surface area contributed by atoms with Gasteiger partial charge in [0.15, 0.2) is 0 Å². The fourth-order valence-electron chi connectivity index (χ4n) is 2.10. The summed E-state index contributed by atoms with van der Waals surface area (Å²) in [7, 11) is 0. The van der Waals surface area contributed by atoms with Gasteiger partial charge in [-0.25, -0.2) is 9.78 Å². The van der Waals surface area contributed by atoms with Crippen molar-refractivity contribution < 1.29 is 9.53 Å². The van der Waals surface area contributed by atoms with E-state index in [0.29, 0.717) is 18.4 Å². The van der Waals surface area contributed by atoms with Gasteiger partial charge in [-0.05, 0) is 25.8 Å². The van der Waals surface area contributed by atoms with E-state index in [2.05, 4.69) is 4.98 Å². The summed E-state index contributed by atoms with van der Waals surface area (Å²) in [4.78, 5) is 30.5. The summed E-state index contributed by atoms with van der Waals surface area (Å²) < 4.78 is 6.40. The average Bonchev–Trinajstić information content (AvgIpc) is 2.86. The number of carbonyl (C=O) groups is 1. The molecule has 0 aromatic carbocycles. The van der Waals surface area contributed by atoms with Gasteiger partial charge in [-0.2, -0.15) is 0 Å². The zero-order valence-electron chi connectivity index (χ0n) is 11.9. The maximum atomic E-state index is 12.5. The van der Waals surface area contributed by atoms with Gasteiger partial charge in [-0.1, -0.05) is 13.8 Å². The van der Waals surface area contributed by atoms with Crippen LogP contribution in [0, 0.1) is 0 Å². The number of thiophene rings is 1. The van der Waals surface area contributed by atoms with E-state index in [4.69, 9.17) is 4.74 Å². The van der Waals surface area contributed by atoms with Gasteiger partial charge in [-0.15, -0.1) is 11.3 Å². The molecule has 2 rings (SSSR count). The molecule has 0 aliphatic carbocycles. The number of rotatable bonds is 5. The van der Waals surface area contributed by atoms with Gasteiger partial charge in [0, 0.05) is 4.88 Å². The highest BCUT2D eigenvalue weighted by Gasteiger charge is 2.22. The molecule has 5 nitrogen and oxygen atoms in total. The number of hydrogen-bond acceptors (Lipinski definition) is 5.